The number of benzene rings is 2. The highest BCUT2D eigenvalue weighted by Gasteiger charge is 2.20. The lowest BCUT2D eigenvalue weighted by Gasteiger charge is -2.31. The van der Waals surface area contributed by atoms with Gasteiger partial charge in [0, 0.05) is 38.3 Å². The summed E-state index contributed by atoms with van der Waals surface area (Å²) < 4.78 is 0. The summed E-state index contributed by atoms with van der Waals surface area (Å²) in [5.41, 5.74) is 5.66. The van der Waals surface area contributed by atoms with Crippen LogP contribution >= 0.6 is 0 Å². The van der Waals surface area contributed by atoms with E-state index in [1.165, 1.54) is 22.4 Å². The molecule has 2 heteroatoms. The van der Waals surface area contributed by atoms with Crippen molar-refractivity contribution in [2.75, 3.05) is 25.0 Å². The summed E-state index contributed by atoms with van der Waals surface area (Å²) in [4.78, 5) is 2.37. The second kappa shape index (κ2) is 6.31. The van der Waals surface area contributed by atoms with Crippen molar-refractivity contribution in [1.29, 1.82) is 0 Å². The maximum absolute atomic E-state index is 3.54. The molecule has 110 valence electrons. The summed E-state index contributed by atoms with van der Waals surface area (Å²) in [6.45, 7) is 5.31. The van der Waals surface area contributed by atoms with Crippen molar-refractivity contribution in [1.82, 2.24) is 5.32 Å². The molecule has 1 unspecified atom stereocenters. The summed E-state index contributed by atoms with van der Waals surface area (Å²) in [5, 5.41) is 3.54. The fourth-order valence-corrected chi connectivity index (χ4v) is 3.17. The molecule has 0 fully saturated rings. The van der Waals surface area contributed by atoms with Gasteiger partial charge in [0.2, 0.25) is 0 Å². The SMILES string of the molecule is CCc1ccc(N(C)CC2CNCc3ccccc32)cc1. The molecular formula is C19H24N2. The third-order valence-electron chi connectivity index (χ3n) is 4.48. The Hall–Kier alpha value is -1.80. The monoisotopic (exact) mass is 280 g/mol. The molecule has 1 heterocycles. The van der Waals surface area contributed by atoms with E-state index in [0.717, 1.165) is 26.1 Å². The molecule has 3 rings (SSSR count). The molecule has 0 spiro atoms. The van der Waals surface area contributed by atoms with Crippen molar-refractivity contribution in [3.05, 3.63) is 65.2 Å². The highest BCUT2D eigenvalue weighted by atomic mass is 15.1. The average Bonchev–Trinajstić information content (AvgIpc) is 2.55. The molecule has 2 aromatic carbocycles. The zero-order valence-corrected chi connectivity index (χ0v) is 13.0. The van der Waals surface area contributed by atoms with Gasteiger partial charge >= 0.3 is 0 Å². The topological polar surface area (TPSA) is 15.3 Å². The number of hydrogen-bond donors (Lipinski definition) is 1. The molecule has 0 saturated carbocycles. The molecule has 0 radical (unpaired) electrons. The van der Waals surface area contributed by atoms with Crippen LogP contribution in [-0.2, 0) is 13.0 Å². The minimum atomic E-state index is 0.561. The molecule has 1 atom stereocenters. The van der Waals surface area contributed by atoms with E-state index in [9.17, 15) is 0 Å². The van der Waals surface area contributed by atoms with Gasteiger partial charge in [-0.05, 0) is 35.2 Å². The summed E-state index contributed by atoms with van der Waals surface area (Å²) in [6.07, 6.45) is 1.10. The van der Waals surface area contributed by atoms with Gasteiger partial charge < -0.3 is 10.2 Å². The maximum atomic E-state index is 3.54. The van der Waals surface area contributed by atoms with E-state index in [0.29, 0.717) is 5.92 Å². The van der Waals surface area contributed by atoms with Crippen LogP contribution in [0.5, 0.6) is 0 Å². The first-order valence-corrected chi connectivity index (χ1v) is 7.86. The molecule has 0 aliphatic carbocycles. The van der Waals surface area contributed by atoms with Gasteiger partial charge in [-0.15, -0.1) is 0 Å². The van der Waals surface area contributed by atoms with E-state index in [-0.39, 0.29) is 0 Å². The Labute approximate surface area is 127 Å². The van der Waals surface area contributed by atoms with Crippen LogP contribution in [0.4, 0.5) is 5.69 Å². The van der Waals surface area contributed by atoms with Crippen LogP contribution in [-0.4, -0.2) is 20.1 Å². The molecule has 1 N–H and O–H groups in total. The van der Waals surface area contributed by atoms with Crippen molar-refractivity contribution in [2.24, 2.45) is 0 Å². The molecule has 0 saturated heterocycles. The number of nitrogens with zero attached hydrogens (tertiary/aromatic N) is 1. The van der Waals surface area contributed by atoms with Gasteiger partial charge in [-0.2, -0.15) is 0 Å². The molecule has 1 aliphatic heterocycles. The van der Waals surface area contributed by atoms with E-state index < -0.39 is 0 Å². The highest BCUT2D eigenvalue weighted by Crippen LogP contribution is 2.26. The summed E-state index contributed by atoms with van der Waals surface area (Å²) in [5.74, 6) is 0.561. The standard InChI is InChI=1S/C19H24N2/c1-3-15-8-10-18(11-9-15)21(2)14-17-13-20-12-16-6-4-5-7-19(16)17/h4-11,17,20H,3,12-14H2,1-2H3. The van der Waals surface area contributed by atoms with E-state index in [1.807, 2.05) is 0 Å². The number of nitrogens with one attached hydrogen (secondary N) is 1. The molecule has 21 heavy (non-hydrogen) atoms. The number of fused-ring (bicyclic) bond motifs is 1. The lowest BCUT2D eigenvalue weighted by Crippen LogP contribution is -2.35. The average molecular weight is 280 g/mol. The van der Waals surface area contributed by atoms with Crippen LogP contribution in [0.2, 0.25) is 0 Å². The molecule has 2 nitrogen and oxygen atoms in total. The van der Waals surface area contributed by atoms with Gasteiger partial charge in [0.25, 0.3) is 0 Å². The number of anilines is 1. The van der Waals surface area contributed by atoms with E-state index in [2.05, 4.69) is 72.7 Å². The first-order valence-electron chi connectivity index (χ1n) is 7.86. The second-order valence-electron chi connectivity index (χ2n) is 5.93. The van der Waals surface area contributed by atoms with Gasteiger partial charge in [0.05, 0.1) is 0 Å². The number of hydrogen-bond acceptors (Lipinski definition) is 2. The quantitative estimate of drug-likeness (QED) is 0.921. The largest absolute Gasteiger partial charge is 0.374 e. The highest BCUT2D eigenvalue weighted by molar-refractivity contribution is 5.48. The molecule has 1 aliphatic rings. The Morgan fingerprint density at radius 2 is 1.86 bits per heavy atom. The minimum Gasteiger partial charge on any atom is -0.374 e. The Morgan fingerprint density at radius 3 is 2.62 bits per heavy atom. The van der Waals surface area contributed by atoms with Gasteiger partial charge in [0.1, 0.15) is 0 Å². The van der Waals surface area contributed by atoms with Crippen LogP contribution in [0.3, 0.4) is 0 Å². The molecule has 0 aromatic heterocycles. The lowest BCUT2D eigenvalue weighted by molar-refractivity contribution is 0.540. The van der Waals surface area contributed by atoms with Crippen LogP contribution in [0.1, 0.15) is 29.5 Å². The molecule has 0 amide bonds. The van der Waals surface area contributed by atoms with Crippen molar-refractivity contribution in [2.45, 2.75) is 25.8 Å². The second-order valence-corrected chi connectivity index (χ2v) is 5.93. The van der Waals surface area contributed by atoms with Crippen molar-refractivity contribution in [3.63, 3.8) is 0 Å². The van der Waals surface area contributed by atoms with Crippen LogP contribution in [0.25, 0.3) is 0 Å². The summed E-state index contributed by atoms with van der Waals surface area (Å²) >= 11 is 0. The molecule has 2 aromatic rings. The minimum absolute atomic E-state index is 0.561. The van der Waals surface area contributed by atoms with Gasteiger partial charge in [-0.3, -0.25) is 0 Å². The normalized spacial score (nSPS) is 17.3. The smallest absolute Gasteiger partial charge is 0.0363 e. The van der Waals surface area contributed by atoms with Crippen LogP contribution < -0.4 is 10.2 Å². The Morgan fingerprint density at radius 1 is 1.10 bits per heavy atom. The number of aryl methyl sites for hydroxylation is 1. The summed E-state index contributed by atoms with van der Waals surface area (Å²) in [7, 11) is 2.19. The summed E-state index contributed by atoms with van der Waals surface area (Å²) in [6, 6.07) is 17.8. The number of rotatable bonds is 4. The van der Waals surface area contributed by atoms with Crippen LogP contribution in [0.15, 0.2) is 48.5 Å². The predicted octanol–water partition coefficient (Wildman–Crippen LogP) is 3.57. The van der Waals surface area contributed by atoms with Crippen molar-refractivity contribution in [3.8, 4) is 0 Å². The van der Waals surface area contributed by atoms with Crippen molar-refractivity contribution < 1.29 is 0 Å². The van der Waals surface area contributed by atoms with Crippen molar-refractivity contribution >= 4 is 5.69 Å². The first kappa shape index (κ1) is 14.2. The van der Waals surface area contributed by atoms with Gasteiger partial charge in [-0.25, -0.2) is 0 Å². The Bertz CT molecular complexity index is 589. The zero-order valence-electron chi connectivity index (χ0n) is 13.0. The molecule has 0 bridgehead atoms. The van der Waals surface area contributed by atoms with Crippen LogP contribution in [0, 0.1) is 0 Å². The lowest BCUT2D eigenvalue weighted by atomic mass is 9.90. The third-order valence-corrected chi connectivity index (χ3v) is 4.48. The number of likely N-dealkylation sites (N-methyl/N-ethyl adjacent to an activating group) is 1. The third kappa shape index (κ3) is 3.11. The fraction of sp³-hybridized carbons (Fsp3) is 0.368. The van der Waals surface area contributed by atoms with Gasteiger partial charge in [-0.1, -0.05) is 43.3 Å². The van der Waals surface area contributed by atoms with E-state index >= 15 is 0 Å². The Kier molecular flexibility index (Phi) is 4.26. The first-order chi connectivity index (χ1) is 10.3. The Balaban J connectivity index is 1.74. The fourth-order valence-electron chi connectivity index (χ4n) is 3.17. The van der Waals surface area contributed by atoms with E-state index in [1.54, 1.807) is 0 Å². The van der Waals surface area contributed by atoms with Gasteiger partial charge in [0.15, 0.2) is 0 Å². The van der Waals surface area contributed by atoms with E-state index in [4.69, 9.17) is 0 Å². The predicted molar refractivity (Wildman–Crippen MR) is 90.0 cm³/mol. The zero-order chi connectivity index (χ0) is 14.7. The maximum Gasteiger partial charge on any atom is 0.0363 e. The molecular weight excluding hydrogens is 256 g/mol.